The van der Waals surface area contributed by atoms with Gasteiger partial charge < -0.3 is 9.64 Å². The third-order valence-corrected chi connectivity index (χ3v) is 4.20. The van der Waals surface area contributed by atoms with E-state index in [0.29, 0.717) is 6.61 Å². The van der Waals surface area contributed by atoms with Crippen LogP contribution in [0, 0.1) is 0 Å². The van der Waals surface area contributed by atoms with Crippen LogP contribution in [-0.2, 0) is 6.42 Å². The molecule has 0 atom stereocenters. The summed E-state index contributed by atoms with van der Waals surface area (Å²) in [6.07, 6.45) is -3.51. The molecule has 0 aromatic heterocycles. The first-order valence-electron chi connectivity index (χ1n) is 8.09. The van der Waals surface area contributed by atoms with Crippen LogP contribution < -0.4 is 4.74 Å². The Bertz CT molecular complexity index is 769. The Kier molecular flexibility index (Phi) is 4.70. The van der Waals surface area contributed by atoms with E-state index in [9.17, 15) is 18.0 Å². The van der Waals surface area contributed by atoms with E-state index in [4.69, 9.17) is 4.74 Å². The summed E-state index contributed by atoms with van der Waals surface area (Å²) in [5, 5.41) is 0. The van der Waals surface area contributed by atoms with Crippen LogP contribution in [0.2, 0.25) is 0 Å². The van der Waals surface area contributed by atoms with Crippen molar-refractivity contribution in [2.75, 3.05) is 19.7 Å². The van der Waals surface area contributed by atoms with Gasteiger partial charge in [-0.25, -0.2) is 0 Å². The summed E-state index contributed by atoms with van der Waals surface area (Å²) in [4.78, 5) is 13.1. The van der Waals surface area contributed by atoms with Gasteiger partial charge in [-0.2, -0.15) is 13.2 Å². The lowest BCUT2D eigenvalue weighted by molar-refractivity contribution is -0.140. The standard InChI is InChI=1S/C19H18F3NO2/c1-2-23(12-19(20,21)22)18(24)15-6-3-13(4-7-15)16-8-5-14-9-10-25-17(14)11-16/h3-8,11H,2,9-10,12H2,1H3. The fourth-order valence-electron chi connectivity index (χ4n) is 2.88. The number of halogens is 3. The largest absolute Gasteiger partial charge is 0.493 e. The molecule has 1 aliphatic rings. The van der Waals surface area contributed by atoms with E-state index >= 15 is 0 Å². The number of rotatable bonds is 4. The minimum absolute atomic E-state index is 0.00224. The van der Waals surface area contributed by atoms with E-state index in [1.54, 1.807) is 24.3 Å². The maximum absolute atomic E-state index is 12.6. The molecular formula is C19H18F3NO2. The first kappa shape index (κ1) is 17.3. The van der Waals surface area contributed by atoms with Crippen LogP contribution in [0.25, 0.3) is 11.1 Å². The summed E-state index contributed by atoms with van der Waals surface area (Å²) in [6, 6.07) is 12.5. The normalized spacial score (nSPS) is 13.3. The Balaban J connectivity index is 1.78. The topological polar surface area (TPSA) is 29.5 Å². The molecule has 0 N–H and O–H groups in total. The molecule has 132 valence electrons. The predicted octanol–water partition coefficient (Wildman–Crippen LogP) is 4.31. The Morgan fingerprint density at radius 3 is 2.44 bits per heavy atom. The molecular weight excluding hydrogens is 331 g/mol. The lowest BCUT2D eigenvalue weighted by Crippen LogP contribution is -2.38. The summed E-state index contributed by atoms with van der Waals surface area (Å²) >= 11 is 0. The smallest absolute Gasteiger partial charge is 0.406 e. The first-order valence-corrected chi connectivity index (χ1v) is 8.09. The van der Waals surface area contributed by atoms with Gasteiger partial charge in [-0.3, -0.25) is 4.79 Å². The lowest BCUT2D eigenvalue weighted by Gasteiger charge is -2.22. The lowest BCUT2D eigenvalue weighted by atomic mass is 10.0. The van der Waals surface area contributed by atoms with Crippen molar-refractivity contribution < 1.29 is 22.7 Å². The summed E-state index contributed by atoms with van der Waals surface area (Å²) in [5.74, 6) is 0.239. The third kappa shape index (κ3) is 3.95. The number of nitrogens with zero attached hydrogens (tertiary/aromatic N) is 1. The van der Waals surface area contributed by atoms with Crippen LogP contribution in [0.4, 0.5) is 13.2 Å². The Morgan fingerprint density at radius 1 is 1.12 bits per heavy atom. The number of fused-ring (bicyclic) bond motifs is 1. The van der Waals surface area contributed by atoms with Crippen molar-refractivity contribution in [1.29, 1.82) is 0 Å². The molecule has 0 unspecified atom stereocenters. The van der Waals surface area contributed by atoms with Gasteiger partial charge in [-0.1, -0.05) is 24.3 Å². The van der Waals surface area contributed by atoms with Crippen molar-refractivity contribution in [3.8, 4) is 16.9 Å². The third-order valence-electron chi connectivity index (χ3n) is 4.20. The maximum Gasteiger partial charge on any atom is 0.406 e. The van der Waals surface area contributed by atoms with E-state index < -0.39 is 18.6 Å². The highest BCUT2D eigenvalue weighted by Gasteiger charge is 2.32. The van der Waals surface area contributed by atoms with Crippen LogP contribution in [0.5, 0.6) is 5.75 Å². The summed E-state index contributed by atoms with van der Waals surface area (Å²) < 4.78 is 43.2. The second-order valence-corrected chi connectivity index (χ2v) is 5.93. The van der Waals surface area contributed by atoms with Crippen molar-refractivity contribution in [2.24, 2.45) is 0 Å². The number of amides is 1. The van der Waals surface area contributed by atoms with E-state index in [2.05, 4.69) is 0 Å². The highest BCUT2D eigenvalue weighted by Crippen LogP contribution is 2.31. The quantitative estimate of drug-likeness (QED) is 0.823. The Morgan fingerprint density at radius 2 is 1.80 bits per heavy atom. The minimum Gasteiger partial charge on any atom is -0.493 e. The Labute approximate surface area is 144 Å². The molecule has 0 saturated carbocycles. The zero-order valence-electron chi connectivity index (χ0n) is 13.8. The molecule has 1 amide bonds. The second-order valence-electron chi connectivity index (χ2n) is 5.93. The number of carbonyl (C=O) groups is 1. The molecule has 6 heteroatoms. The fraction of sp³-hybridized carbons (Fsp3) is 0.316. The van der Waals surface area contributed by atoms with Gasteiger partial charge in [0.2, 0.25) is 0 Å². The fourth-order valence-corrected chi connectivity index (χ4v) is 2.88. The average molecular weight is 349 g/mol. The van der Waals surface area contributed by atoms with Gasteiger partial charge in [0.05, 0.1) is 6.61 Å². The number of benzene rings is 2. The average Bonchev–Trinajstić information content (AvgIpc) is 3.06. The van der Waals surface area contributed by atoms with Crippen molar-refractivity contribution in [3.63, 3.8) is 0 Å². The Hall–Kier alpha value is -2.50. The molecule has 1 aliphatic heterocycles. The summed E-state index contributed by atoms with van der Waals surface area (Å²) in [6.45, 7) is 0.968. The number of carbonyl (C=O) groups excluding carboxylic acids is 1. The molecule has 0 spiro atoms. The zero-order valence-corrected chi connectivity index (χ0v) is 13.8. The van der Waals surface area contributed by atoms with Crippen molar-refractivity contribution in [3.05, 3.63) is 53.6 Å². The summed E-state index contributed by atoms with van der Waals surface area (Å²) in [7, 11) is 0. The van der Waals surface area contributed by atoms with E-state index in [0.717, 1.165) is 28.2 Å². The van der Waals surface area contributed by atoms with Crippen molar-refractivity contribution >= 4 is 5.91 Å². The number of hydrogen-bond donors (Lipinski definition) is 0. The molecule has 2 aromatic rings. The van der Waals surface area contributed by atoms with Crippen molar-refractivity contribution in [1.82, 2.24) is 4.90 Å². The monoisotopic (exact) mass is 349 g/mol. The van der Waals surface area contributed by atoms with Gasteiger partial charge in [0, 0.05) is 18.5 Å². The van der Waals surface area contributed by atoms with Gasteiger partial charge in [0.15, 0.2) is 0 Å². The number of hydrogen-bond acceptors (Lipinski definition) is 2. The van der Waals surface area contributed by atoms with Gasteiger partial charge in [-0.05, 0) is 41.8 Å². The van der Waals surface area contributed by atoms with Crippen molar-refractivity contribution in [2.45, 2.75) is 19.5 Å². The SMILES string of the molecule is CCN(CC(F)(F)F)C(=O)c1ccc(-c2ccc3c(c2)OCC3)cc1. The van der Waals surface area contributed by atoms with Gasteiger partial charge in [0.1, 0.15) is 12.3 Å². The molecule has 0 radical (unpaired) electrons. The molecule has 1 heterocycles. The van der Waals surface area contributed by atoms with Crippen LogP contribution >= 0.6 is 0 Å². The van der Waals surface area contributed by atoms with Gasteiger partial charge in [-0.15, -0.1) is 0 Å². The molecule has 0 aliphatic carbocycles. The van der Waals surface area contributed by atoms with E-state index in [1.165, 1.54) is 12.5 Å². The number of ether oxygens (including phenoxy) is 1. The first-order chi connectivity index (χ1) is 11.9. The predicted molar refractivity (Wildman–Crippen MR) is 88.7 cm³/mol. The van der Waals surface area contributed by atoms with Gasteiger partial charge in [0.25, 0.3) is 5.91 Å². The van der Waals surface area contributed by atoms with Crippen LogP contribution in [0.1, 0.15) is 22.8 Å². The molecule has 0 fully saturated rings. The highest BCUT2D eigenvalue weighted by molar-refractivity contribution is 5.94. The van der Waals surface area contributed by atoms with E-state index in [-0.39, 0.29) is 12.1 Å². The summed E-state index contributed by atoms with van der Waals surface area (Å²) in [5.41, 5.74) is 3.24. The van der Waals surface area contributed by atoms with Crippen LogP contribution in [-0.4, -0.2) is 36.7 Å². The molecule has 3 rings (SSSR count). The molecule has 3 nitrogen and oxygen atoms in total. The molecule has 0 bridgehead atoms. The number of alkyl halides is 3. The molecule has 25 heavy (non-hydrogen) atoms. The van der Waals surface area contributed by atoms with E-state index in [1.807, 2.05) is 18.2 Å². The molecule has 0 saturated heterocycles. The highest BCUT2D eigenvalue weighted by atomic mass is 19.4. The zero-order chi connectivity index (χ0) is 18.0. The second kappa shape index (κ2) is 6.78. The van der Waals surface area contributed by atoms with Gasteiger partial charge >= 0.3 is 6.18 Å². The molecule has 2 aromatic carbocycles. The van der Waals surface area contributed by atoms with Crippen LogP contribution in [0.3, 0.4) is 0 Å². The van der Waals surface area contributed by atoms with Crippen LogP contribution in [0.15, 0.2) is 42.5 Å². The maximum atomic E-state index is 12.6. The minimum atomic E-state index is -4.41.